The lowest BCUT2D eigenvalue weighted by atomic mass is 9.93. The maximum atomic E-state index is 13.4. The fraction of sp³-hybridized carbons (Fsp3) is 0.438. The van der Waals surface area contributed by atoms with Gasteiger partial charge in [0.15, 0.2) is 11.6 Å². The van der Waals surface area contributed by atoms with Gasteiger partial charge in [0.1, 0.15) is 12.4 Å². The predicted octanol–water partition coefficient (Wildman–Crippen LogP) is 3.20. The highest BCUT2D eigenvalue weighted by atomic mass is 19.1. The number of nitrogens with one attached hydrogen (secondary N) is 1. The van der Waals surface area contributed by atoms with Crippen molar-refractivity contribution in [3.05, 3.63) is 42.0 Å². The van der Waals surface area contributed by atoms with Gasteiger partial charge < -0.3 is 10.1 Å². The highest BCUT2D eigenvalue weighted by Crippen LogP contribution is 2.19. The lowest BCUT2D eigenvalue weighted by Crippen LogP contribution is -2.40. The van der Waals surface area contributed by atoms with E-state index in [2.05, 4.69) is 11.4 Å². The van der Waals surface area contributed by atoms with Gasteiger partial charge >= 0.3 is 0 Å². The molecule has 0 radical (unpaired) electrons. The van der Waals surface area contributed by atoms with Crippen molar-refractivity contribution < 1.29 is 18.3 Å². The number of carbonyl (C=O) groups is 1. The van der Waals surface area contributed by atoms with E-state index in [0.717, 1.165) is 31.4 Å². The van der Waals surface area contributed by atoms with Crippen molar-refractivity contribution in [2.45, 2.75) is 32.2 Å². The summed E-state index contributed by atoms with van der Waals surface area (Å²) in [5, 5.41) is 2.86. The van der Waals surface area contributed by atoms with Crippen LogP contribution in [0.1, 0.15) is 26.2 Å². The lowest BCUT2D eigenvalue weighted by Gasteiger charge is -2.21. The van der Waals surface area contributed by atoms with Crippen molar-refractivity contribution in [2.24, 2.45) is 5.92 Å². The molecule has 1 N–H and O–H groups in total. The van der Waals surface area contributed by atoms with Gasteiger partial charge in [0.25, 0.3) is 0 Å². The number of rotatable bonds is 5. The number of allylic oxidation sites excluding steroid dienone is 2. The van der Waals surface area contributed by atoms with E-state index in [4.69, 9.17) is 4.74 Å². The van der Waals surface area contributed by atoms with Crippen LogP contribution in [0.3, 0.4) is 0 Å². The molecule has 0 bridgehead atoms. The highest BCUT2D eigenvalue weighted by Gasteiger charge is 2.20. The van der Waals surface area contributed by atoms with Crippen LogP contribution >= 0.6 is 0 Å². The van der Waals surface area contributed by atoms with Gasteiger partial charge in [0, 0.05) is 12.0 Å². The van der Waals surface area contributed by atoms with Crippen molar-refractivity contribution in [1.29, 1.82) is 0 Å². The molecule has 2 atom stereocenters. The molecule has 1 aromatic rings. The normalized spacial score (nSPS) is 19.1. The van der Waals surface area contributed by atoms with Crippen LogP contribution in [0, 0.1) is 17.6 Å². The van der Waals surface area contributed by atoms with Crippen molar-refractivity contribution >= 4 is 5.91 Å². The Morgan fingerprint density at radius 1 is 1.43 bits per heavy atom. The zero-order valence-electron chi connectivity index (χ0n) is 11.9. The smallest absolute Gasteiger partial charge is 0.223 e. The van der Waals surface area contributed by atoms with Gasteiger partial charge in [-0.2, -0.15) is 0 Å². The Bertz CT molecular complexity index is 531. The molecule has 1 aromatic carbocycles. The number of amides is 1. The first kappa shape index (κ1) is 15.5. The fourth-order valence-corrected chi connectivity index (χ4v) is 2.24. The third-order valence-electron chi connectivity index (χ3n) is 3.41. The monoisotopic (exact) mass is 295 g/mol. The van der Waals surface area contributed by atoms with Crippen LogP contribution in [0.4, 0.5) is 8.78 Å². The van der Waals surface area contributed by atoms with Crippen LogP contribution in [0.2, 0.25) is 0 Å². The van der Waals surface area contributed by atoms with E-state index in [1.807, 2.05) is 6.08 Å². The maximum absolute atomic E-state index is 13.4. The number of hydrogen-bond acceptors (Lipinski definition) is 2. The maximum Gasteiger partial charge on any atom is 0.223 e. The summed E-state index contributed by atoms with van der Waals surface area (Å²) < 4.78 is 31.4. The molecule has 1 aliphatic rings. The number of benzene rings is 1. The van der Waals surface area contributed by atoms with Gasteiger partial charge in [-0.25, -0.2) is 8.78 Å². The third kappa shape index (κ3) is 4.55. The van der Waals surface area contributed by atoms with Crippen molar-refractivity contribution in [3.63, 3.8) is 0 Å². The lowest BCUT2D eigenvalue weighted by molar-refractivity contribution is -0.126. The molecule has 0 unspecified atom stereocenters. The molecule has 0 aromatic heterocycles. The summed E-state index contributed by atoms with van der Waals surface area (Å²) in [6, 6.07) is 2.90. The van der Waals surface area contributed by atoms with Gasteiger partial charge in [-0.15, -0.1) is 0 Å². The second kappa shape index (κ2) is 7.20. The van der Waals surface area contributed by atoms with E-state index in [0.29, 0.717) is 0 Å². The van der Waals surface area contributed by atoms with E-state index in [1.54, 1.807) is 6.92 Å². The van der Waals surface area contributed by atoms with Gasteiger partial charge in [0.2, 0.25) is 5.91 Å². The second-order valence-electron chi connectivity index (χ2n) is 5.28. The number of ether oxygens (including phenoxy) is 1. The first-order chi connectivity index (χ1) is 10.1. The average molecular weight is 295 g/mol. The highest BCUT2D eigenvalue weighted by molar-refractivity contribution is 5.79. The molecular weight excluding hydrogens is 276 g/mol. The standard InChI is InChI=1S/C16H19F2NO2/c1-11(19-16(20)12-5-3-2-4-6-12)10-21-15-8-7-13(17)9-14(15)18/h2-3,7-9,11-12H,4-6,10H2,1H3,(H,19,20)/t11-,12-/m0/s1. The third-order valence-corrected chi connectivity index (χ3v) is 3.41. The number of carbonyl (C=O) groups excluding carboxylic acids is 1. The molecule has 2 rings (SSSR count). The summed E-state index contributed by atoms with van der Waals surface area (Å²) in [4.78, 5) is 12.0. The molecule has 3 nitrogen and oxygen atoms in total. The molecule has 114 valence electrons. The van der Waals surface area contributed by atoms with Crippen LogP contribution in [0.15, 0.2) is 30.4 Å². The molecule has 0 fully saturated rings. The minimum Gasteiger partial charge on any atom is -0.488 e. The van der Waals surface area contributed by atoms with Crippen LogP contribution < -0.4 is 10.1 Å². The van der Waals surface area contributed by atoms with Crippen LogP contribution in [0.5, 0.6) is 5.75 Å². The molecule has 0 spiro atoms. The molecule has 5 heteroatoms. The topological polar surface area (TPSA) is 38.3 Å². The van der Waals surface area contributed by atoms with E-state index < -0.39 is 11.6 Å². The first-order valence-electron chi connectivity index (χ1n) is 7.09. The van der Waals surface area contributed by atoms with Crippen molar-refractivity contribution in [2.75, 3.05) is 6.61 Å². The Hall–Kier alpha value is -1.91. The van der Waals surface area contributed by atoms with Gasteiger partial charge in [0.05, 0.1) is 6.04 Å². The van der Waals surface area contributed by atoms with Gasteiger partial charge in [-0.1, -0.05) is 12.2 Å². The summed E-state index contributed by atoms with van der Waals surface area (Å²) >= 11 is 0. The van der Waals surface area contributed by atoms with Crippen LogP contribution in [-0.4, -0.2) is 18.6 Å². The molecule has 0 heterocycles. The SMILES string of the molecule is C[C@@H](COc1ccc(F)cc1F)NC(=O)[C@H]1CC=CCC1. The second-order valence-corrected chi connectivity index (χ2v) is 5.28. The summed E-state index contributed by atoms with van der Waals surface area (Å²) in [5.74, 6) is -1.41. The molecule has 21 heavy (non-hydrogen) atoms. The average Bonchev–Trinajstić information content (AvgIpc) is 2.47. The van der Waals surface area contributed by atoms with E-state index >= 15 is 0 Å². The number of halogens is 2. The zero-order chi connectivity index (χ0) is 15.2. The van der Waals surface area contributed by atoms with Crippen molar-refractivity contribution in [3.8, 4) is 5.75 Å². The summed E-state index contributed by atoms with van der Waals surface area (Å²) in [6.45, 7) is 1.93. The molecule has 0 saturated heterocycles. The summed E-state index contributed by atoms with van der Waals surface area (Å²) in [6.07, 6.45) is 6.62. The van der Waals surface area contributed by atoms with Crippen molar-refractivity contribution in [1.82, 2.24) is 5.32 Å². The Balaban J connectivity index is 1.80. The Morgan fingerprint density at radius 2 is 2.24 bits per heavy atom. The molecule has 1 amide bonds. The predicted molar refractivity (Wildman–Crippen MR) is 75.9 cm³/mol. The van der Waals surface area contributed by atoms with Gasteiger partial charge in [-0.05, 0) is 38.3 Å². The largest absolute Gasteiger partial charge is 0.488 e. The van der Waals surface area contributed by atoms with Gasteiger partial charge in [-0.3, -0.25) is 4.79 Å². The molecule has 1 aliphatic carbocycles. The molecular formula is C16H19F2NO2. The minimum atomic E-state index is -0.744. The fourth-order valence-electron chi connectivity index (χ4n) is 2.24. The Kier molecular flexibility index (Phi) is 5.31. The van der Waals surface area contributed by atoms with Crippen LogP contribution in [0.25, 0.3) is 0 Å². The molecule has 0 aliphatic heterocycles. The Morgan fingerprint density at radius 3 is 2.90 bits per heavy atom. The van der Waals surface area contributed by atoms with E-state index in [-0.39, 0.29) is 30.2 Å². The Labute approximate surface area is 123 Å². The summed E-state index contributed by atoms with van der Waals surface area (Å²) in [5.41, 5.74) is 0. The van der Waals surface area contributed by atoms with Crippen LogP contribution in [-0.2, 0) is 4.79 Å². The van der Waals surface area contributed by atoms with E-state index in [1.165, 1.54) is 6.07 Å². The number of hydrogen-bond donors (Lipinski definition) is 1. The molecule has 0 saturated carbocycles. The van der Waals surface area contributed by atoms with E-state index in [9.17, 15) is 13.6 Å². The minimum absolute atomic E-state index is 0.00000672. The zero-order valence-corrected chi connectivity index (χ0v) is 11.9. The summed E-state index contributed by atoms with van der Waals surface area (Å²) in [7, 11) is 0. The quantitative estimate of drug-likeness (QED) is 0.847. The first-order valence-corrected chi connectivity index (χ1v) is 7.09.